The molecule has 0 aliphatic carbocycles. The van der Waals surface area contributed by atoms with Crippen LogP contribution in [0.25, 0.3) is 16.6 Å². The second kappa shape index (κ2) is 4.18. The van der Waals surface area contributed by atoms with Crippen molar-refractivity contribution in [3.63, 3.8) is 0 Å². The van der Waals surface area contributed by atoms with Crippen LogP contribution in [0.3, 0.4) is 0 Å². The average Bonchev–Trinajstić information content (AvgIpc) is 2.85. The van der Waals surface area contributed by atoms with Gasteiger partial charge in [0.25, 0.3) is 0 Å². The lowest BCUT2D eigenvalue weighted by Gasteiger charge is -2.06. The quantitative estimate of drug-likeness (QED) is 0.743. The van der Waals surface area contributed by atoms with Crippen LogP contribution in [-0.4, -0.2) is 14.7 Å². The molecule has 3 rings (SSSR count). The first-order chi connectivity index (χ1) is 8.81. The summed E-state index contributed by atoms with van der Waals surface area (Å²) in [5.74, 6) is 0.234. The highest BCUT2D eigenvalue weighted by atomic mass is 16.3. The number of nitrogens with zero attached hydrogens (tertiary/aromatic N) is 2. The molecule has 89 valence electrons. The summed E-state index contributed by atoms with van der Waals surface area (Å²) in [5.41, 5.74) is 2.58. The molecule has 0 bridgehead atoms. The van der Waals surface area contributed by atoms with E-state index in [0.717, 1.165) is 16.6 Å². The molecule has 0 aliphatic rings. The monoisotopic (exact) mass is 237 g/mol. The normalized spacial score (nSPS) is 10.9. The highest BCUT2D eigenvalue weighted by molar-refractivity contribution is 5.87. The molecular weight excluding hydrogens is 224 g/mol. The maximum atomic E-state index is 10.1. The van der Waals surface area contributed by atoms with E-state index in [1.54, 1.807) is 6.20 Å². The molecule has 1 radical (unpaired) electrons. The van der Waals surface area contributed by atoms with E-state index < -0.39 is 0 Å². The molecule has 0 saturated carbocycles. The van der Waals surface area contributed by atoms with Gasteiger partial charge in [-0.15, -0.1) is 0 Å². The SMILES string of the molecule is [CH2]Cc1ncc2c(ccn2-c2ccccc2)c1O. The molecule has 0 unspecified atom stereocenters. The molecule has 0 saturated heterocycles. The molecule has 2 aromatic heterocycles. The first kappa shape index (κ1) is 10.8. The third kappa shape index (κ3) is 1.56. The number of rotatable bonds is 2. The Balaban J connectivity index is 2.25. The number of pyridine rings is 1. The van der Waals surface area contributed by atoms with Crippen molar-refractivity contribution in [3.8, 4) is 11.4 Å². The standard InChI is InChI=1S/C15H13N2O/c1-2-13-15(18)12-8-9-17(14(12)10-16-13)11-6-4-3-5-7-11/h3-10,18H,1-2H2. The zero-order valence-corrected chi connectivity index (χ0v) is 9.87. The molecule has 3 nitrogen and oxygen atoms in total. The number of aromatic nitrogens is 2. The Morgan fingerprint density at radius 2 is 1.94 bits per heavy atom. The predicted octanol–water partition coefficient (Wildman–Crippen LogP) is 3.11. The van der Waals surface area contributed by atoms with Gasteiger partial charge in [0, 0.05) is 17.3 Å². The molecule has 2 heterocycles. The molecule has 0 atom stereocenters. The van der Waals surface area contributed by atoms with E-state index in [1.165, 1.54) is 0 Å². The van der Waals surface area contributed by atoms with Crippen molar-refractivity contribution in [2.75, 3.05) is 0 Å². The van der Waals surface area contributed by atoms with E-state index in [-0.39, 0.29) is 5.75 Å². The molecule has 3 heteroatoms. The van der Waals surface area contributed by atoms with Crippen LogP contribution < -0.4 is 0 Å². The summed E-state index contributed by atoms with van der Waals surface area (Å²) in [5, 5.41) is 10.9. The van der Waals surface area contributed by atoms with Crippen molar-refractivity contribution in [1.29, 1.82) is 0 Å². The van der Waals surface area contributed by atoms with Gasteiger partial charge in [-0.1, -0.05) is 18.2 Å². The summed E-state index contributed by atoms with van der Waals surface area (Å²) in [7, 11) is 0. The summed E-state index contributed by atoms with van der Waals surface area (Å²) in [4.78, 5) is 4.25. The third-order valence-electron chi connectivity index (χ3n) is 3.07. The van der Waals surface area contributed by atoms with Gasteiger partial charge in [0.15, 0.2) is 0 Å². The van der Waals surface area contributed by atoms with Gasteiger partial charge >= 0.3 is 0 Å². The van der Waals surface area contributed by atoms with Crippen LogP contribution in [0, 0.1) is 6.92 Å². The van der Waals surface area contributed by atoms with E-state index in [9.17, 15) is 5.11 Å². The van der Waals surface area contributed by atoms with Crippen LogP contribution in [0.4, 0.5) is 0 Å². The van der Waals surface area contributed by atoms with Crippen LogP contribution in [0.1, 0.15) is 5.69 Å². The Morgan fingerprint density at radius 1 is 1.17 bits per heavy atom. The van der Waals surface area contributed by atoms with Gasteiger partial charge < -0.3 is 9.67 Å². The molecule has 1 N–H and O–H groups in total. The van der Waals surface area contributed by atoms with E-state index in [0.29, 0.717) is 12.1 Å². The minimum atomic E-state index is 0.234. The summed E-state index contributed by atoms with van der Waals surface area (Å²) in [6, 6.07) is 11.9. The Labute approximate surface area is 105 Å². The molecule has 1 aromatic carbocycles. The first-order valence-corrected chi connectivity index (χ1v) is 5.84. The molecule has 3 aromatic rings. The predicted molar refractivity (Wildman–Crippen MR) is 71.8 cm³/mol. The Kier molecular flexibility index (Phi) is 2.52. The molecular formula is C15H13N2O. The lowest BCUT2D eigenvalue weighted by molar-refractivity contribution is 0.472. The van der Waals surface area contributed by atoms with Crippen molar-refractivity contribution >= 4 is 10.9 Å². The minimum Gasteiger partial charge on any atom is -0.505 e. The highest BCUT2D eigenvalue weighted by Crippen LogP contribution is 2.29. The molecule has 0 spiro atoms. The van der Waals surface area contributed by atoms with Gasteiger partial charge in [-0.2, -0.15) is 0 Å². The van der Waals surface area contributed by atoms with Gasteiger partial charge in [0.1, 0.15) is 5.75 Å². The van der Waals surface area contributed by atoms with Gasteiger partial charge in [0.2, 0.25) is 0 Å². The molecule has 0 aliphatic heterocycles. The maximum absolute atomic E-state index is 10.1. The topological polar surface area (TPSA) is 38.0 Å². The smallest absolute Gasteiger partial charge is 0.146 e. The van der Waals surface area contributed by atoms with Crippen molar-refractivity contribution < 1.29 is 5.11 Å². The van der Waals surface area contributed by atoms with Crippen LogP contribution >= 0.6 is 0 Å². The fraction of sp³-hybridized carbons (Fsp3) is 0.0667. The van der Waals surface area contributed by atoms with Crippen LogP contribution in [0.15, 0.2) is 48.8 Å². The van der Waals surface area contributed by atoms with Crippen LogP contribution in [-0.2, 0) is 6.42 Å². The Hall–Kier alpha value is -2.29. The lowest BCUT2D eigenvalue weighted by atomic mass is 10.2. The van der Waals surface area contributed by atoms with Crippen molar-refractivity contribution in [2.45, 2.75) is 6.42 Å². The van der Waals surface area contributed by atoms with Crippen molar-refractivity contribution in [2.24, 2.45) is 0 Å². The second-order valence-corrected chi connectivity index (χ2v) is 4.12. The third-order valence-corrected chi connectivity index (χ3v) is 3.07. The Bertz CT molecular complexity index is 686. The first-order valence-electron chi connectivity index (χ1n) is 5.84. The zero-order chi connectivity index (χ0) is 12.5. The van der Waals surface area contributed by atoms with Crippen LogP contribution in [0.2, 0.25) is 0 Å². The van der Waals surface area contributed by atoms with E-state index in [4.69, 9.17) is 0 Å². The van der Waals surface area contributed by atoms with Crippen LogP contribution in [0.5, 0.6) is 5.75 Å². The summed E-state index contributed by atoms with van der Waals surface area (Å²) in [6.07, 6.45) is 4.20. The maximum Gasteiger partial charge on any atom is 0.146 e. The second-order valence-electron chi connectivity index (χ2n) is 4.12. The van der Waals surface area contributed by atoms with Crippen molar-refractivity contribution in [3.05, 3.63) is 61.4 Å². The average molecular weight is 237 g/mol. The lowest BCUT2D eigenvalue weighted by Crippen LogP contribution is -1.93. The van der Waals surface area contributed by atoms with Gasteiger partial charge in [-0.3, -0.25) is 4.98 Å². The minimum absolute atomic E-state index is 0.234. The largest absolute Gasteiger partial charge is 0.505 e. The fourth-order valence-electron chi connectivity index (χ4n) is 2.13. The number of hydrogen-bond donors (Lipinski definition) is 1. The number of aromatic hydroxyl groups is 1. The van der Waals surface area contributed by atoms with Gasteiger partial charge in [-0.05, 0) is 31.5 Å². The van der Waals surface area contributed by atoms with E-state index in [1.807, 2.05) is 47.2 Å². The summed E-state index contributed by atoms with van der Waals surface area (Å²) < 4.78 is 2.01. The summed E-state index contributed by atoms with van der Waals surface area (Å²) >= 11 is 0. The number of hydrogen-bond acceptors (Lipinski definition) is 2. The molecule has 0 fully saturated rings. The zero-order valence-electron chi connectivity index (χ0n) is 9.87. The summed E-state index contributed by atoms with van der Waals surface area (Å²) in [6.45, 7) is 3.76. The van der Waals surface area contributed by atoms with Gasteiger partial charge in [-0.25, -0.2) is 0 Å². The Morgan fingerprint density at radius 3 is 2.67 bits per heavy atom. The van der Waals surface area contributed by atoms with E-state index in [2.05, 4.69) is 11.9 Å². The number of fused-ring (bicyclic) bond motifs is 1. The van der Waals surface area contributed by atoms with E-state index >= 15 is 0 Å². The highest BCUT2D eigenvalue weighted by Gasteiger charge is 2.10. The van der Waals surface area contributed by atoms with Crippen molar-refractivity contribution in [1.82, 2.24) is 9.55 Å². The number of para-hydroxylation sites is 1. The van der Waals surface area contributed by atoms with Gasteiger partial charge in [0.05, 0.1) is 17.4 Å². The fourth-order valence-corrected chi connectivity index (χ4v) is 2.13. The molecule has 18 heavy (non-hydrogen) atoms. The number of benzene rings is 1. The molecule has 0 amide bonds.